The summed E-state index contributed by atoms with van der Waals surface area (Å²) < 4.78 is 11.1. The number of halogens is 1. The normalized spacial score (nSPS) is 13.1. The van der Waals surface area contributed by atoms with Crippen LogP contribution in [0.25, 0.3) is 0 Å². The second kappa shape index (κ2) is 29.6. The quantitative estimate of drug-likeness (QED) is 0.0390. The predicted molar refractivity (Wildman–Crippen MR) is 211 cm³/mol. The van der Waals surface area contributed by atoms with Gasteiger partial charge in [0.1, 0.15) is 11.8 Å². The number of carbonyl (C=O) groups excluding carboxylic acids is 3. The third kappa shape index (κ3) is 23.5. The molecule has 0 radical (unpaired) electrons. The van der Waals surface area contributed by atoms with E-state index in [1.807, 2.05) is 12.2 Å². The lowest BCUT2D eigenvalue weighted by molar-refractivity contribution is -0.150. The van der Waals surface area contributed by atoms with Gasteiger partial charge in [-0.2, -0.15) is 0 Å². The molecule has 0 saturated carbocycles. The van der Waals surface area contributed by atoms with Crippen molar-refractivity contribution in [1.29, 1.82) is 0 Å². The van der Waals surface area contributed by atoms with E-state index in [1.165, 1.54) is 0 Å². The molecule has 0 saturated heterocycles. The highest BCUT2D eigenvalue weighted by Gasteiger charge is 2.29. The van der Waals surface area contributed by atoms with Crippen LogP contribution in [0.2, 0.25) is 5.02 Å². The van der Waals surface area contributed by atoms with E-state index in [2.05, 4.69) is 78.3 Å². The maximum atomic E-state index is 12.8. The lowest BCUT2D eigenvalue weighted by Gasteiger charge is -2.25. The van der Waals surface area contributed by atoms with Gasteiger partial charge in [-0.05, 0) is 102 Å². The zero-order valence-electron chi connectivity index (χ0n) is 31.3. The van der Waals surface area contributed by atoms with Gasteiger partial charge in [0.05, 0.1) is 19.8 Å². The Morgan fingerprint density at radius 1 is 0.788 bits per heavy atom. The second-order valence-electron chi connectivity index (χ2n) is 12.8. The highest BCUT2D eigenvalue weighted by atomic mass is 35.5. The standard InChI is InChI=1S/C42H61ClN2O7/c1-4-5-6-7-8-9-10-11-12-13-14-15-16-17-18-19-20-21-22-26-39(48)45-38(40(49)51-34-35(32-46)33-47)25-23-24-31-44-41(50)42(2,3)52-37-29-27-36(43)28-30-37/h5-6,8-9,11-12,14-15,17-18,20-21,27-30,35,38,46-47H,4,7,10,13,16,19,22-26,31-34H2,1-3H3,(H,44,50)(H,45,48)/b6-5-,9-8-,12-11-,15-14-,18-17-,21-20-. The van der Waals surface area contributed by atoms with Gasteiger partial charge in [-0.25, -0.2) is 4.79 Å². The summed E-state index contributed by atoms with van der Waals surface area (Å²) in [5.41, 5.74) is -1.12. The largest absolute Gasteiger partial charge is 0.478 e. The van der Waals surface area contributed by atoms with Crippen molar-refractivity contribution in [1.82, 2.24) is 10.6 Å². The van der Waals surface area contributed by atoms with E-state index in [1.54, 1.807) is 38.1 Å². The first kappa shape index (κ1) is 46.1. The SMILES string of the molecule is CC/C=C\C/C=C\C/C=C\C/C=C\C/C=C\C/C=C\CCC(=O)NC(CCCCNC(=O)C(C)(C)Oc1ccc(Cl)cc1)C(=O)OCC(CO)CO. The third-order valence-corrected chi connectivity index (χ3v) is 7.92. The van der Waals surface area contributed by atoms with E-state index in [0.717, 1.165) is 38.5 Å². The summed E-state index contributed by atoms with van der Waals surface area (Å²) in [7, 11) is 0. The first-order valence-corrected chi connectivity index (χ1v) is 18.8. The van der Waals surface area contributed by atoms with Gasteiger partial charge in [-0.1, -0.05) is 91.4 Å². The number of unbranched alkanes of at least 4 members (excludes halogenated alkanes) is 1. The number of allylic oxidation sites excluding steroid dienone is 12. The molecule has 1 rings (SSSR count). The molecule has 0 heterocycles. The summed E-state index contributed by atoms with van der Waals surface area (Å²) in [5.74, 6) is -1.28. The van der Waals surface area contributed by atoms with Crippen LogP contribution in [0.3, 0.4) is 0 Å². The smallest absolute Gasteiger partial charge is 0.328 e. The number of benzene rings is 1. The molecule has 1 aromatic rings. The second-order valence-corrected chi connectivity index (χ2v) is 13.2. The maximum absolute atomic E-state index is 12.8. The molecule has 0 bridgehead atoms. The minimum atomic E-state index is -1.12. The molecule has 0 aliphatic heterocycles. The molecule has 288 valence electrons. The van der Waals surface area contributed by atoms with E-state index in [4.69, 9.17) is 21.1 Å². The number of amides is 2. The fourth-order valence-electron chi connectivity index (χ4n) is 4.57. The molecule has 9 nitrogen and oxygen atoms in total. The van der Waals surface area contributed by atoms with Crippen LogP contribution in [-0.4, -0.2) is 66.0 Å². The van der Waals surface area contributed by atoms with Gasteiger partial charge >= 0.3 is 5.97 Å². The van der Waals surface area contributed by atoms with Gasteiger partial charge in [0, 0.05) is 23.9 Å². The molecule has 0 aliphatic carbocycles. The monoisotopic (exact) mass is 740 g/mol. The van der Waals surface area contributed by atoms with E-state index in [9.17, 15) is 24.6 Å². The summed E-state index contributed by atoms with van der Waals surface area (Å²) >= 11 is 5.92. The number of hydrogen-bond donors (Lipinski definition) is 4. The van der Waals surface area contributed by atoms with Crippen molar-refractivity contribution in [3.05, 3.63) is 102 Å². The molecular formula is C42H61ClN2O7. The van der Waals surface area contributed by atoms with Crippen molar-refractivity contribution in [2.45, 2.75) is 103 Å². The first-order chi connectivity index (χ1) is 25.1. The Hall–Kier alpha value is -3.92. The van der Waals surface area contributed by atoms with Crippen LogP contribution in [0.4, 0.5) is 0 Å². The molecule has 0 spiro atoms. The van der Waals surface area contributed by atoms with Crippen molar-refractivity contribution in [3.63, 3.8) is 0 Å². The molecule has 52 heavy (non-hydrogen) atoms. The molecule has 0 aromatic heterocycles. The Kier molecular flexibility index (Phi) is 26.3. The van der Waals surface area contributed by atoms with Crippen LogP contribution in [0.15, 0.2) is 97.2 Å². The number of esters is 1. The van der Waals surface area contributed by atoms with Crippen molar-refractivity contribution in [3.8, 4) is 5.75 Å². The van der Waals surface area contributed by atoms with E-state index < -0.39 is 23.5 Å². The number of rotatable bonds is 28. The van der Waals surface area contributed by atoms with Gasteiger partial charge in [0.2, 0.25) is 5.91 Å². The lowest BCUT2D eigenvalue weighted by Crippen LogP contribution is -2.47. The Labute approximate surface area is 316 Å². The molecule has 2 amide bonds. The maximum Gasteiger partial charge on any atom is 0.328 e. The van der Waals surface area contributed by atoms with Crippen LogP contribution in [0.5, 0.6) is 5.75 Å². The first-order valence-electron chi connectivity index (χ1n) is 18.4. The molecule has 0 fully saturated rings. The zero-order chi connectivity index (χ0) is 38.3. The number of nitrogens with one attached hydrogen (secondary N) is 2. The highest BCUT2D eigenvalue weighted by molar-refractivity contribution is 6.30. The molecule has 4 N–H and O–H groups in total. The molecule has 1 unspecified atom stereocenters. The zero-order valence-corrected chi connectivity index (χ0v) is 32.1. The third-order valence-electron chi connectivity index (χ3n) is 7.67. The summed E-state index contributed by atoms with van der Waals surface area (Å²) in [5, 5.41) is 24.8. The average molecular weight is 741 g/mol. The molecular weight excluding hydrogens is 680 g/mol. The minimum Gasteiger partial charge on any atom is -0.478 e. The van der Waals surface area contributed by atoms with Crippen LogP contribution >= 0.6 is 11.6 Å². The number of carbonyl (C=O) groups is 3. The summed E-state index contributed by atoms with van der Waals surface area (Å²) in [6.45, 7) is 5.01. The van der Waals surface area contributed by atoms with Crippen LogP contribution in [0, 0.1) is 5.92 Å². The van der Waals surface area contributed by atoms with Gasteiger partial charge in [-0.3, -0.25) is 9.59 Å². The summed E-state index contributed by atoms with van der Waals surface area (Å²) in [4.78, 5) is 38.3. The Balaban J connectivity index is 2.42. The predicted octanol–water partition coefficient (Wildman–Crippen LogP) is 7.89. The molecule has 1 aromatic carbocycles. The van der Waals surface area contributed by atoms with Crippen molar-refractivity contribution in [2.24, 2.45) is 5.92 Å². The van der Waals surface area contributed by atoms with Crippen molar-refractivity contribution in [2.75, 3.05) is 26.4 Å². The van der Waals surface area contributed by atoms with Crippen LogP contribution in [0.1, 0.15) is 91.4 Å². The fraction of sp³-hybridized carbons (Fsp3) is 0.500. The van der Waals surface area contributed by atoms with Gasteiger partial charge in [0.25, 0.3) is 5.91 Å². The van der Waals surface area contributed by atoms with Gasteiger partial charge in [0.15, 0.2) is 5.60 Å². The Bertz CT molecular complexity index is 1310. The number of aliphatic hydroxyl groups is 2. The lowest BCUT2D eigenvalue weighted by atomic mass is 10.1. The fourth-order valence-corrected chi connectivity index (χ4v) is 4.69. The topological polar surface area (TPSA) is 134 Å². The van der Waals surface area contributed by atoms with Crippen molar-refractivity contribution >= 4 is 29.4 Å². The van der Waals surface area contributed by atoms with Crippen LogP contribution in [-0.2, 0) is 19.1 Å². The van der Waals surface area contributed by atoms with E-state index >= 15 is 0 Å². The summed E-state index contributed by atoms with van der Waals surface area (Å²) in [6.07, 6.45) is 33.2. The molecule has 1 atom stereocenters. The summed E-state index contributed by atoms with van der Waals surface area (Å²) in [6, 6.07) is 5.86. The number of hydrogen-bond acceptors (Lipinski definition) is 7. The number of ether oxygens (including phenoxy) is 2. The van der Waals surface area contributed by atoms with Crippen LogP contribution < -0.4 is 15.4 Å². The Morgan fingerprint density at radius 3 is 1.83 bits per heavy atom. The highest BCUT2D eigenvalue weighted by Crippen LogP contribution is 2.21. The Morgan fingerprint density at radius 2 is 1.31 bits per heavy atom. The van der Waals surface area contributed by atoms with E-state index in [0.29, 0.717) is 43.0 Å². The average Bonchev–Trinajstić information content (AvgIpc) is 3.13. The minimum absolute atomic E-state index is 0.157. The van der Waals surface area contributed by atoms with Gasteiger partial charge < -0.3 is 30.3 Å². The van der Waals surface area contributed by atoms with E-state index in [-0.39, 0.29) is 38.1 Å². The molecule has 10 heteroatoms. The molecule has 0 aliphatic rings. The van der Waals surface area contributed by atoms with Gasteiger partial charge in [-0.15, -0.1) is 0 Å². The number of aliphatic hydroxyl groups excluding tert-OH is 2. The van der Waals surface area contributed by atoms with Crippen molar-refractivity contribution < 1.29 is 34.1 Å².